The Morgan fingerprint density at radius 1 is 0.900 bits per heavy atom. The lowest BCUT2D eigenvalue weighted by Crippen LogP contribution is -1.91. The third kappa shape index (κ3) is 1.46. The van der Waals surface area contributed by atoms with E-state index in [1.165, 1.54) is 44.5 Å². The van der Waals surface area contributed by atoms with E-state index >= 15 is 0 Å². The standard InChI is InChI=1S/C19H17N/c1-11-7-8-15-16(13(11)3)10-18-17(15)9-14-6-4-5-12(2)19(14)20-18/h4-9H,10H2,1-3H3. The average molecular weight is 259 g/mol. The topological polar surface area (TPSA) is 12.9 Å². The first kappa shape index (κ1) is 11.7. The SMILES string of the molecule is Cc1ccc2c(c1C)Cc1nc3c(C)cccc3cc1-2. The van der Waals surface area contributed by atoms with Crippen LogP contribution in [0.25, 0.3) is 22.0 Å². The van der Waals surface area contributed by atoms with E-state index in [1.54, 1.807) is 0 Å². The van der Waals surface area contributed by atoms with E-state index in [4.69, 9.17) is 4.98 Å². The van der Waals surface area contributed by atoms with Gasteiger partial charge in [-0.25, -0.2) is 0 Å². The molecule has 0 unspecified atom stereocenters. The fourth-order valence-corrected chi connectivity index (χ4v) is 3.27. The van der Waals surface area contributed by atoms with Crippen LogP contribution in [0.3, 0.4) is 0 Å². The highest BCUT2D eigenvalue weighted by molar-refractivity contribution is 5.89. The van der Waals surface area contributed by atoms with Crippen LogP contribution in [0.1, 0.15) is 27.9 Å². The highest BCUT2D eigenvalue weighted by Gasteiger charge is 2.22. The Morgan fingerprint density at radius 2 is 1.75 bits per heavy atom. The van der Waals surface area contributed by atoms with Crippen LogP contribution in [0, 0.1) is 20.8 Å². The van der Waals surface area contributed by atoms with Crippen molar-refractivity contribution in [2.45, 2.75) is 27.2 Å². The number of rotatable bonds is 0. The first-order valence-corrected chi connectivity index (χ1v) is 7.14. The lowest BCUT2D eigenvalue weighted by Gasteiger charge is -2.07. The van der Waals surface area contributed by atoms with Gasteiger partial charge >= 0.3 is 0 Å². The van der Waals surface area contributed by atoms with Crippen LogP contribution in [-0.4, -0.2) is 4.98 Å². The molecule has 98 valence electrons. The molecule has 20 heavy (non-hydrogen) atoms. The molecule has 0 bridgehead atoms. The molecule has 0 radical (unpaired) electrons. The number of pyridine rings is 1. The molecule has 2 aromatic carbocycles. The Kier molecular flexibility index (Phi) is 2.29. The van der Waals surface area contributed by atoms with Gasteiger partial charge in [-0.15, -0.1) is 0 Å². The highest BCUT2D eigenvalue weighted by atomic mass is 14.7. The van der Waals surface area contributed by atoms with E-state index in [9.17, 15) is 0 Å². The average Bonchev–Trinajstić information content (AvgIpc) is 2.80. The molecule has 0 saturated carbocycles. The van der Waals surface area contributed by atoms with Gasteiger partial charge in [0.1, 0.15) is 0 Å². The summed E-state index contributed by atoms with van der Waals surface area (Å²) in [5, 5.41) is 1.25. The van der Waals surface area contributed by atoms with Crippen molar-refractivity contribution in [1.29, 1.82) is 0 Å². The zero-order valence-electron chi connectivity index (χ0n) is 12.1. The summed E-state index contributed by atoms with van der Waals surface area (Å²) in [6.45, 7) is 6.55. The van der Waals surface area contributed by atoms with E-state index < -0.39 is 0 Å². The van der Waals surface area contributed by atoms with Crippen LogP contribution >= 0.6 is 0 Å². The minimum atomic E-state index is 0.975. The van der Waals surface area contributed by atoms with Gasteiger partial charge in [0, 0.05) is 17.4 Å². The molecule has 1 nitrogen and oxygen atoms in total. The van der Waals surface area contributed by atoms with Crippen LogP contribution in [0.4, 0.5) is 0 Å². The summed E-state index contributed by atoms with van der Waals surface area (Å²) in [4.78, 5) is 4.94. The second-order valence-corrected chi connectivity index (χ2v) is 5.84. The minimum absolute atomic E-state index is 0.975. The number of aryl methyl sites for hydroxylation is 2. The number of nitrogens with zero attached hydrogens (tertiary/aromatic N) is 1. The predicted molar refractivity (Wildman–Crippen MR) is 84.2 cm³/mol. The van der Waals surface area contributed by atoms with Crippen LogP contribution in [-0.2, 0) is 6.42 Å². The lowest BCUT2D eigenvalue weighted by molar-refractivity contribution is 1.12. The fourth-order valence-electron chi connectivity index (χ4n) is 3.27. The van der Waals surface area contributed by atoms with Gasteiger partial charge in [-0.05, 0) is 54.7 Å². The van der Waals surface area contributed by atoms with Gasteiger partial charge < -0.3 is 0 Å². The second kappa shape index (κ2) is 3.92. The van der Waals surface area contributed by atoms with Gasteiger partial charge in [-0.3, -0.25) is 4.98 Å². The molecule has 0 fully saturated rings. The number of hydrogen-bond acceptors (Lipinski definition) is 1. The summed E-state index contributed by atoms with van der Waals surface area (Å²) in [5.41, 5.74) is 10.6. The van der Waals surface area contributed by atoms with E-state index in [0.717, 1.165) is 11.9 Å². The summed E-state index contributed by atoms with van der Waals surface area (Å²) in [7, 11) is 0. The maximum Gasteiger partial charge on any atom is 0.0735 e. The molecule has 1 heteroatoms. The summed E-state index contributed by atoms with van der Waals surface area (Å²) in [6.07, 6.45) is 0.975. The quantitative estimate of drug-likeness (QED) is 0.445. The molecule has 0 N–H and O–H groups in total. The molecule has 0 saturated heterocycles. The van der Waals surface area contributed by atoms with Crippen LogP contribution < -0.4 is 0 Å². The van der Waals surface area contributed by atoms with Crippen molar-refractivity contribution in [1.82, 2.24) is 4.98 Å². The number of aromatic nitrogens is 1. The van der Waals surface area contributed by atoms with Crippen molar-refractivity contribution in [2.24, 2.45) is 0 Å². The molecule has 0 aliphatic heterocycles. The summed E-state index contributed by atoms with van der Waals surface area (Å²) >= 11 is 0. The van der Waals surface area contributed by atoms with Crippen LogP contribution in [0.15, 0.2) is 36.4 Å². The number of para-hydroxylation sites is 1. The summed E-state index contributed by atoms with van der Waals surface area (Å²) in [5.74, 6) is 0. The Morgan fingerprint density at radius 3 is 2.60 bits per heavy atom. The van der Waals surface area contributed by atoms with Crippen molar-refractivity contribution < 1.29 is 0 Å². The van der Waals surface area contributed by atoms with E-state index in [-0.39, 0.29) is 0 Å². The third-order valence-corrected chi connectivity index (χ3v) is 4.63. The molecular formula is C19H17N. The van der Waals surface area contributed by atoms with Gasteiger partial charge in [0.25, 0.3) is 0 Å². The van der Waals surface area contributed by atoms with Gasteiger partial charge in [0.15, 0.2) is 0 Å². The predicted octanol–water partition coefficient (Wildman–Crippen LogP) is 4.73. The van der Waals surface area contributed by atoms with Gasteiger partial charge in [-0.2, -0.15) is 0 Å². The first-order chi connectivity index (χ1) is 9.65. The molecule has 3 aromatic rings. The molecule has 1 heterocycles. The summed E-state index contributed by atoms with van der Waals surface area (Å²) in [6, 6.07) is 13.2. The van der Waals surface area contributed by atoms with Crippen molar-refractivity contribution in [3.8, 4) is 11.1 Å². The largest absolute Gasteiger partial charge is 0.252 e. The molecule has 1 aliphatic carbocycles. The first-order valence-electron chi connectivity index (χ1n) is 7.14. The zero-order valence-corrected chi connectivity index (χ0v) is 12.1. The molecule has 4 rings (SSSR count). The van der Waals surface area contributed by atoms with Gasteiger partial charge in [0.05, 0.1) is 11.2 Å². The van der Waals surface area contributed by atoms with Crippen molar-refractivity contribution in [2.75, 3.05) is 0 Å². The third-order valence-electron chi connectivity index (χ3n) is 4.63. The van der Waals surface area contributed by atoms with E-state index in [1.807, 2.05) is 0 Å². The number of hydrogen-bond donors (Lipinski definition) is 0. The maximum atomic E-state index is 4.94. The Labute approximate surface area is 119 Å². The zero-order chi connectivity index (χ0) is 13.9. The molecule has 0 spiro atoms. The van der Waals surface area contributed by atoms with E-state index in [0.29, 0.717) is 0 Å². The van der Waals surface area contributed by atoms with Crippen molar-refractivity contribution in [3.63, 3.8) is 0 Å². The molecule has 1 aromatic heterocycles. The van der Waals surface area contributed by atoms with Crippen LogP contribution in [0.5, 0.6) is 0 Å². The number of benzene rings is 2. The van der Waals surface area contributed by atoms with Gasteiger partial charge in [-0.1, -0.05) is 30.3 Å². The van der Waals surface area contributed by atoms with Crippen molar-refractivity contribution in [3.05, 3.63) is 64.3 Å². The van der Waals surface area contributed by atoms with Crippen molar-refractivity contribution >= 4 is 10.9 Å². The van der Waals surface area contributed by atoms with Crippen LogP contribution in [0.2, 0.25) is 0 Å². The maximum absolute atomic E-state index is 4.94. The highest BCUT2D eigenvalue weighted by Crippen LogP contribution is 2.39. The van der Waals surface area contributed by atoms with E-state index in [2.05, 4.69) is 57.2 Å². The number of fused-ring (bicyclic) bond motifs is 4. The monoisotopic (exact) mass is 259 g/mol. The molecule has 1 aliphatic rings. The Hall–Kier alpha value is -2.15. The molecular weight excluding hydrogens is 242 g/mol. The fraction of sp³-hybridized carbons (Fsp3) is 0.211. The van der Waals surface area contributed by atoms with Gasteiger partial charge in [0.2, 0.25) is 0 Å². The lowest BCUT2D eigenvalue weighted by atomic mass is 9.98. The molecule has 0 amide bonds. The minimum Gasteiger partial charge on any atom is -0.252 e. The molecule has 0 atom stereocenters. The Bertz CT molecular complexity index is 859. The second-order valence-electron chi connectivity index (χ2n) is 5.84. The normalized spacial score (nSPS) is 12.6. The summed E-state index contributed by atoms with van der Waals surface area (Å²) < 4.78 is 0. The Balaban J connectivity index is 2.05. The smallest absolute Gasteiger partial charge is 0.0735 e.